The zero-order chi connectivity index (χ0) is 11.2. The summed E-state index contributed by atoms with van der Waals surface area (Å²) in [6, 6.07) is 2.67. The summed E-state index contributed by atoms with van der Waals surface area (Å²) in [5.74, 6) is -1.62. The number of carbonyl (C=O) groups is 1. The normalized spacial score (nSPS) is 17.5. The SMILES string of the molecule is O=C(O)C1(c2cc(Cl)c(F)c(Cl)c2)CC1. The van der Waals surface area contributed by atoms with Crippen LogP contribution in [0, 0.1) is 5.82 Å². The molecule has 0 aliphatic heterocycles. The van der Waals surface area contributed by atoms with E-state index in [9.17, 15) is 9.18 Å². The van der Waals surface area contributed by atoms with Gasteiger partial charge in [0.2, 0.25) is 0 Å². The van der Waals surface area contributed by atoms with Gasteiger partial charge in [-0.3, -0.25) is 4.79 Å². The number of hydrogen-bond donors (Lipinski definition) is 1. The topological polar surface area (TPSA) is 37.3 Å². The quantitative estimate of drug-likeness (QED) is 0.817. The highest BCUT2D eigenvalue weighted by Gasteiger charge is 2.52. The molecular formula is C10H7Cl2FO2. The summed E-state index contributed by atoms with van der Waals surface area (Å²) in [6.07, 6.45) is 1.08. The molecule has 80 valence electrons. The van der Waals surface area contributed by atoms with E-state index >= 15 is 0 Å². The van der Waals surface area contributed by atoms with Crippen LogP contribution >= 0.6 is 23.2 Å². The van der Waals surface area contributed by atoms with Crippen LogP contribution in [0.2, 0.25) is 10.0 Å². The minimum atomic E-state index is -0.916. The number of halogens is 3. The van der Waals surface area contributed by atoms with Gasteiger partial charge in [-0.2, -0.15) is 0 Å². The van der Waals surface area contributed by atoms with Crippen molar-refractivity contribution in [1.29, 1.82) is 0 Å². The Labute approximate surface area is 95.6 Å². The highest BCUT2D eigenvalue weighted by molar-refractivity contribution is 6.35. The fourth-order valence-corrected chi connectivity index (χ4v) is 2.07. The van der Waals surface area contributed by atoms with E-state index in [0.29, 0.717) is 18.4 Å². The van der Waals surface area contributed by atoms with E-state index in [1.54, 1.807) is 0 Å². The molecule has 0 heterocycles. The van der Waals surface area contributed by atoms with Crippen molar-refractivity contribution >= 4 is 29.2 Å². The van der Waals surface area contributed by atoms with Crippen LogP contribution in [-0.2, 0) is 10.2 Å². The largest absolute Gasteiger partial charge is 0.481 e. The van der Waals surface area contributed by atoms with E-state index in [4.69, 9.17) is 28.3 Å². The molecule has 1 aromatic carbocycles. The zero-order valence-electron chi connectivity index (χ0n) is 7.56. The maximum Gasteiger partial charge on any atom is 0.314 e. The number of carboxylic acids is 1. The van der Waals surface area contributed by atoms with E-state index in [1.165, 1.54) is 12.1 Å². The Hall–Kier alpha value is -0.800. The molecule has 0 bridgehead atoms. The standard InChI is InChI=1S/C10H7Cl2FO2/c11-6-3-5(4-7(12)8(6)13)10(1-2-10)9(14)15/h3-4H,1-2H2,(H,14,15). The van der Waals surface area contributed by atoms with Gasteiger partial charge in [-0.15, -0.1) is 0 Å². The highest BCUT2D eigenvalue weighted by atomic mass is 35.5. The molecule has 15 heavy (non-hydrogen) atoms. The lowest BCUT2D eigenvalue weighted by Crippen LogP contribution is -2.19. The van der Waals surface area contributed by atoms with Crippen molar-refractivity contribution < 1.29 is 14.3 Å². The van der Waals surface area contributed by atoms with E-state index in [2.05, 4.69) is 0 Å². The summed E-state index contributed by atoms with van der Waals surface area (Å²) >= 11 is 11.2. The second-order valence-corrected chi connectivity index (χ2v) is 4.46. The summed E-state index contributed by atoms with van der Waals surface area (Å²) in [6.45, 7) is 0. The van der Waals surface area contributed by atoms with Gasteiger partial charge in [0.15, 0.2) is 5.82 Å². The predicted molar refractivity (Wildman–Crippen MR) is 55.0 cm³/mol. The lowest BCUT2D eigenvalue weighted by molar-refractivity contribution is -0.140. The molecule has 1 N–H and O–H groups in total. The molecule has 0 spiro atoms. The first-order chi connectivity index (χ1) is 6.97. The minimum absolute atomic E-state index is 0.134. The molecule has 0 amide bonds. The minimum Gasteiger partial charge on any atom is -0.481 e. The van der Waals surface area contributed by atoms with Crippen LogP contribution in [0.3, 0.4) is 0 Å². The van der Waals surface area contributed by atoms with Gasteiger partial charge >= 0.3 is 5.97 Å². The van der Waals surface area contributed by atoms with Gasteiger partial charge in [0.05, 0.1) is 15.5 Å². The third-order valence-corrected chi connectivity index (χ3v) is 3.25. The Bertz CT molecular complexity index is 418. The molecule has 0 radical (unpaired) electrons. The lowest BCUT2D eigenvalue weighted by Gasteiger charge is -2.11. The Morgan fingerprint density at radius 1 is 1.33 bits per heavy atom. The first-order valence-corrected chi connectivity index (χ1v) is 5.11. The summed E-state index contributed by atoms with van der Waals surface area (Å²) < 4.78 is 13.1. The van der Waals surface area contributed by atoms with Crippen molar-refractivity contribution in [1.82, 2.24) is 0 Å². The Morgan fingerprint density at radius 2 is 1.80 bits per heavy atom. The number of aliphatic carboxylic acids is 1. The van der Waals surface area contributed by atoms with Crippen molar-refractivity contribution in [3.63, 3.8) is 0 Å². The van der Waals surface area contributed by atoms with Gasteiger partial charge in [0, 0.05) is 0 Å². The first-order valence-electron chi connectivity index (χ1n) is 4.36. The number of carboxylic acid groups (broad SMARTS) is 1. The fraction of sp³-hybridized carbons (Fsp3) is 0.300. The third-order valence-electron chi connectivity index (χ3n) is 2.70. The average Bonchev–Trinajstić information content (AvgIpc) is 2.93. The molecule has 0 unspecified atom stereocenters. The lowest BCUT2D eigenvalue weighted by atomic mass is 9.96. The first kappa shape index (κ1) is 10.7. The Kier molecular flexibility index (Phi) is 2.40. The van der Waals surface area contributed by atoms with Crippen molar-refractivity contribution in [2.75, 3.05) is 0 Å². The monoisotopic (exact) mass is 248 g/mol. The smallest absolute Gasteiger partial charge is 0.314 e. The van der Waals surface area contributed by atoms with E-state index < -0.39 is 17.2 Å². The van der Waals surface area contributed by atoms with Crippen molar-refractivity contribution in [3.05, 3.63) is 33.6 Å². The van der Waals surface area contributed by atoms with Crippen molar-refractivity contribution in [3.8, 4) is 0 Å². The van der Waals surface area contributed by atoms with E-state index in [1.807, 2.05) is 0 Å². The molecule has 5 heteroatoms. The van der Waals surface area contributed by atoms with E-state index in [-0.39, 0.29) is 10.0 Å². The van der Waals surface area contributed by atoms with Gasteiger partial charge < -0.3 is 5.11 Å². The summed E-state index contributed by atoms with van der Waals surface area (Å²) in [4.78, 5) is 11.0. The van der Waals surface area contributed by atoms with Crippen LogP contribution in [0.1, 0.15) is 18.4 Å². The van der Waals surface area contributed by atoms with Gasteiger partial charge in [-0.1, -0.05) is 23.2 Å². The third kappa shape index (κ3) is 1.60. The maximum atomic E-state index is 13.1. The van der Waals surface area contributed by atoms with Crippen LogP contribution in [0.15, 0.2) is 12.1 Å². The molecule has 0 atom stereocenters. The summed E-state index contributed by atoms with van der Waals surface area (Å²) in [5, 5.41) is 8.76. The molecule has 1 saturated carbocycles. The maximum absolute atomic E-state index is 13.1. The van der Waals surface area contributed by atoms with Gasteiger partial charge in [0.25, 0.3) is 0 Å². The molecule has 1 fully saturated rings. The molecule has 2 nitrogen and oxygen atoms in total. The predicted octanol–water partition coefficient (Wildman–Crippen LogP) is 3.25. The molecule has 1 aromatic rings. The highest BCUT2D eigenvalue weighted by Crippen LogP contribution is 2.49. The van der Waals surface area contributed by atoms with E-state index in [0.717, 1.165) is 0 Å². The van der Waals surface area contributed by atoms with Crippen LogP contribution in [0.25, 0.3) is 0 Å². The number of rotatable bonds is 2. The summed E-state index contributed by atoms with van der Waals surface area (Å²) in [7, 11) is 0. The Balaban J connectivity index is 2.51. The molecular weight excluding hydrogens is 242 g/mol. The van der Waals surface area contributed by atoms with Gasteiger partial charge in [-0.05, 0) is 30.5 Å². The molecule has 0 saturated heterocycles. The zero-order valence-corrected chi connectivity index (χ0v) is 9.07. The van der Waals surface area contributed by atoms with Crippen molar-refractivity contribution in [2.24, 2.45) is 0 Å². The second-order valence-electron chi connectivity index (χ2n) is 3.64. The van der Waals surface area contributed by atoms with Crippen LogP contribution < -0.4 is 0 Å². The summed E-state index contributed by atoms with van der Waals surface area (Å²) in [5.41, 5.74) is -0.424. The van der Waals surface area contributed by atoms with Gasteiger partial charge in [-0.25, -0.2) is 4.39 Å². The van der Waals surface area contributed by atoms with Crippen LogP contribution in [0.5, 0.6) is 0 Å². The van der Waals surface area contributed by atoms with Crippen LogP contribution in [-0.4, -0.2) is 11.1 Å². The average molecular weight is 249 g/mol. The second kappa shape index (κ2) is 3.35. The van der Waals surface area contributed by atoms with Crippen LogP contribution in [0.4, 0.5) is 4.39 Å². The molecule has 0 aromatic heterocycles. The van der Waals surface area contributed by atoms with Crippen molar-refractivity contribution in [2.45, 2.75) is 18.3 Å². The molecule has 2 rings (SSSR count). The Morgan fingerprint density at radius 3 is 2.13 bits per heavy atom. The number of hydrogen-bond acceptors (Lipinski definition) is 1. The van der Waals surface area contributed by atoms with Gasteiger partial charge in [0.1, 0.15) is 0 Å². The molecule has 1 aliphatic rings. The number of benzene rings is 1. The fourth-order valence-electron chi connectivity index (χ4n) is 1.58. The molecule has 1 aliphatic carbocycles.